The van der Waals surface area contributed by atoms with E-state index in [-0.39, 0.29) is 31.1 Å². The first-order valence-corrected chi connectivity index (χ1v) is 25.3. The second-order valence-electron chi connectivity index (χ2n) is 16.7. The molecule has 0 aromatic carbocycles. The van der Waals surface area contributed by atoms with Gasteiger partial charge >= 0.3 is 17.9 Å². The molecule has 0 spiro atoms. The van der Waals surface area contributed by atoms with Crippen LogP contribution in [0.4, 0.5) is 0 Å². The SMILES string of the molecule is CC/C=C\C/C=C\C/C=C\CCCCCCCCC(=O)OCC(COC(=O)CCCCC/C=C\CCCCCCCC)OC(=O)CCCCC/C=C\CCCCCCCC. The Balaban J connectivity index is 4.43. The van der Waals surface area contributed by atoms with Gasteiger partial charge in [-0.2, -0.15) is 0 Å². The normalized spacial score (nSPS) is 12.5. The maximum atomic E-state index is 12.8. The van der Waals surface area contributed by atoms with Crippen molar-refractivity contribution in [1.82, 2.24) is 0 Å². The van der Waals surface area contributed by atoms with E-state index in [4.69, 9.17) is 14.2 Å². The number of rotatable bonds is 45. The van der Waals surface area contributed by atoms with Crippen molar-refractivity contribution in [3.8, 4) is 0 Å². The predicted octanol–water partition coefficient (Wildman–Crippen LogP) is 16.5. The number of esters is 3. The second kappa shape index (κ2) is 48.8. The van der Waals surface area contributed by atoms with Crippen LogP contribution in [0.1, 0.15) is 245 Å². The molecule has 1 atom stereocenters. The summed E-state index contributed by atoms with van der Waals surface area (Å²) in [5.41, 5.74) is 0. The van der Waals surface area contributed by atoms with Crippen molar-refractivity contribution in [3.63, 3.8) is 0 Å². The van der Waals surface area contributed by atoms with Crippen molar-refractivity contribution in [1.29, 1.82) is 0 Å². The van der Waals surface area contributed by atoms with Gasteiger partial charge in [-0.3, -0.25) is 14.4 Å². The smallest absolute Gasteiger partial charge is 0.306 e. The molecule has 6 heteroatoms. The third-order valence-electron chi connectivity index (χ3n) is 10.7. The Morgan fingerprint density at radius 3 is 1.05 bits per heavy atom. The van der Waals surface area contributed by atoms with Crippen LogP contribution in [0.3, 0.4) is 0 Å². The Kier molecular flexibility index (Phi) is 46.4. The van der Waals surface area contributed by atoms with Gasteiger partial charge in [0, 0.05) is 19.3 Å². The molecule has 346 valence electrons. The molecule has 1 unspecified atom stereocenters. The van der Waals surface area contributed by atoms with E-state index in [2.05, 4.69) is 81.5 Å². The summed E-state index contributed by atoms with van der Waals surface area (Å²) in [4.78, 5) is 37.9. The van der Waals surface area contributed by atoms with E-state index in [1.54, 1.807) is 0 Å². The van der Waals surface area contributed by atoms with Gasteiger partial charge in [0.15, 0.2) is 6.10 Å². The van der Waals surface area contributed by atoms with Crippen LogP contribution in [0.5, 0.6) is 0 Å². The van der Waals surface area contributed by atoms with E-state index in [1.165, 1.54) is 96.3 Å². The van der Waals surface area contributed by atoms with Gasteiger partial charge in [-0.25, -0.2) is 0 Å². The Labute approximate surface area is 370 Å². The molecule has 0 rings (SSSR count). The van der Waals surface area contributed by atoms with Gasteiger partial charge in [0.25, 0.3) is 0 Å². The van der Waals surface area contributed by atoms with Crippen LogP contribution in [-0.4, -0.2) is 37.2 Å². The summed E-state index contributed by atoms with van der Waals surface area (Å²) < 4.78 is 16.7. The lowest BCUT2D eigenvalue weighted by atomic mass is 10.1. The number of carbonyl (C=O) groups is 3. The Morgan fingerprint density at radius 2 is 0.650 bits per heavy atom. The topological polar surface area (TPSA) is 78.9 Å². The number of hydrogen-bond donors (Lipinski definition) is 0. The lowest BCUT2D eigenvalue weighted by molar-refractivity contribution is -0.167. The maximum Gasteiger partial charge on any atom is 0.306 e. The highest BCUT2D eigenvalue weighted by atomic mass is 16.6. The molecular formula is C54H94O6. The van der Waals surface area contributed by atoms with E-state index in [9.17, 15) is 14.4 Å². The average molecular weight is 839 g/mol. The molecule has 0 bridgehead atoms. The van der Waals surface area contributed by atoms with Crippen LogP contribution in [0, 0.1) is 0 Å². The quantitative estimate of drug-likeness (QED) is 0.0263. The molecule has 0 saturated carbocycles. The van der Waals surface area contributed by atoms with Crippen molar-refractivity contribution >= 4 is 17.9 Å². The minimum absolute atomic E-state index is 0.0917. The van der Waals surface area contributed by atoms with E-state index in [0.29, 0.717) is 19.3 Å². The van der Waals surface area contributed by atoms with Crippen molar-refractivity contribution in [2.75, 3.05) is 13.2 Å². The minimum atomic E-state index is -0.792. The van der Waals surface area contributed by atoms with Gasteiger partial charge in [-0.1, -0.05) is 184 Å². The fourth-order valence-corrected chi connectivity index (χ4v) is 6.92. The average Bonchev–Trinajstić information content (AvgIpc) is 3.24. The largest absolute Gasteiger partial charge is 0.462 e. The first-order valence-electron chi connectivity index (χ1n) is 25.3. The Hall–Kier alpha value is -2.89. The number of ether oxygens (including phenoxy) is 3. The zero-order valence-corrected chi connectivity index (χ0v) is 39.5. The maximum absolute atomic E-state index is 12.8. The van der Waals surface area contributed by atoms with E-state index < -0.39 is 6.10 Å². The van der Waals surface area contributed by atoms with Crippen molar-refractivity contribution in [3.05, 3.63) is 60.8 Å². The second-order valence-corrected chi connectivity index (χ2v) is 16.7. The van der Waals surface area contributed by atoms with Crippen LogP contribution in [0.15, 0.2) is 60.8 Å². The number of hydrogen-bond acceptors (Lipinski definition) is 6. The molecular weight excluding hydrogens is 745 g/mol. The van der Waals surface area contributed by atoms with Crippen molar-refractivity contribution in [2.24, 2.45) is 0 Å². The van der Waals surface area contributed by atoms with Gasteiger partial charge in [0.05, 0.1) is 0 Å². The van der Waals surface area contributed by atoms with E-state index in [0.717, 1.165) is 109 Å². The van der Waals surface area contributed by atoms with Gasteiger partial charge < -0.3 is 14.2 Å². The molecule has 0 aliphatic rings. The van der Waals surface area contributed by atoms with Crippen LogP contribution < -0.4 is 0 Å². The Morgan fingerprint density at radius 1 is 0.350 bits per heavy atom. The van der Waals surface area contributed by atoms with Crippen LogP contribution in [0.25, 0.3) is 0 Å². The first kappa shape index (κ1) is 57.1. The molecule has 0 amide bonds. The van der Waals surface area contributed by atoms with Crippen molar-refractivity contribution in [2.45, 2.75) is 252 Å². The van der Waals surface area contributed by atoms with Gasteiger partial charge in [0.2, 0.25) is 0 Å². The molecule has 0 fully saturated rings. The van der Waals surface area contributed by atoms with Gasteiger partial charge in [-0.15, -0.1) is 0 Å². The molecule has 0 saturated heterocycles. The molecule has 0 aromatic rings. The highest BCUT2D eigenvalue weighted by Crippen LogP contribution is 2.13. The minimum Gasteiger partial charge on any atom is -0.462 e. The number of allylic oxidation sites excluding steroid dienone is 10. The molecule has 0 N–H and O–H groups in total. The summed E-state index contributed by atoms with van der Waals surface area (Å²) >= 11 is 0. The van der Waals surface area contributed by atoms with E-state index >= 15 is 0 Å². The predicted molar refractivity (Wildman–Crippen MR) is 256 cm³/mol. The molecule has 0 aliphatic carbocycles. The summed E-state index contributed by atoms with van der Waals surface area (Å²) in [5, 5.41) is 0. The zero-order valence-electron chi connectivity index (χ0n) is 39.5. The molecule has 0 radical (unpaired) electrons. The third kappa shape index (κ3) is 46.2. The zero-order chi connectivity index (χ0) is 43.7. The van der Waals surface area contributed by atoms with Gasteiger partial charge in [-0.05, 0) is 103 Å². The molecule has 60 heavy (non-hydrogen) atoms. The number of carbonyl (C=O) groups excluding carboxylic acids is 3. The summed E-state index contributed by atoms with van der Waals surface area (Å²) in [6.07, 6.45) is 59.2. The summed E-state index contributed by atoms with van der Waals surface area (Å²) in [6, 6.07) is 0. The molecule has 0 heterocycles. The number of unbranched alkanes of at least 4 members (excludes halogenated alkanes) is 24. The summed E-state index contributed by atoms with van der Waals surface area (Å²) in [5.74, 6) is -0.934. The monoisotopic (exact) mass is 839 g/mol. The van der Waals surface area contributed by atoms with Crippen LogP contribution >= 0.6 is 0 Å². The summed E-state index contributed by atoms with van der Waals surface area (Å²) in [6.45, 7) is 6.47. The fourth-order valence-electron chi connectivity index (χ4n) is 6.92. The standard InChI is InChI=1S/C54H94O6/c1-4-7-10-13-16-19-22-25-26-27-30-32-35-38-41-44-47-53(56)59-50-51(60-54(57)48-45-42-39-36-33-29-24-21-18-15-12-9-6-3)49-58-52(55)46-43-40-37-34-31-28-23-20-17-14-11-8-5-2/h7,10,16,19,25-26,28-29,31,33,51H,4-6,8-9,11-15,17-18,20-24,27,30,32,34-50H2,1-3H3/b10-7-,19-16-,26-25-,31-28-,33-29-. The van der Waals surface area contributed by atoms with Crippen molar-refractivity contribution < 1.29 is 28.6 Å². The molecule has 0 aromatic heterocycles. The Bertz CT molecular complexity index is 1100. The molecule has 0 aliphatic heterocycles. The molecule has 6 nitrogen and oxygen atoms in total. The fraction of sp³-hybridized carbons (Fsp3) is 0.759. The highest BCUT2D eigenvalue weighted by Gasteiger charge is 2.19. The van der Waals surface area contributed by atoms with Crippen LogP contribution in [-0.2, 0) is 28.6 Å². The van der Waals surface area contributed by atoms with E-state index in [1.807, 2.05) is 0 Å². The highest BCUT2D eigenvalue weighted by molar-refractivity contribution is 5.71. The lowest BCUT2D eigenvalue weighted by Gasteiger charge is -2.18. The lowest BCUT2D eigenvalue weighted by Crippen LogP contribution is -2.30. The van der Waals surface area contributed by atoms with Crippen LogP contribution in [0.2, 0.25) is 0 Å². The first-order chi connectivity index (χ1) is 29.5. The third-order valence-corrected chi connectivity index (χ3v) is 10.7. The van der Waals surface area contributed by atoms with Gasteiger partial charge in [0.1, 0.15) is 13.2 Å². The summed E-state index contributed by atoms with van der Waals surface area (Å²) in [7, 11) is 0.